The largest absolute Gasteiger partial charge is 0.463 e. The molecule has 1 atom stereocenters. The number of hydrogen-bond donors (Lipinski definition) is 0. The molecule has 0 heterocycles. The van der Waals surface area contributed by atoms with E-state index in [1.165, 1.54) is 6.08 Å². The summed E-state index contributed by atoms with van der Waals surface area (Å²) in [6, 6.07) is 0. The van der Waals surface area contributed by atoms with Crippen LogP contribution in [0.1, 0.15) is 47.0 Å². The monoisotopic (exact) mass is 285 g/mol. The Morgan fingerprint density at radius 3 is 2.50 bits per heavy atom. The van der Waals surface area contributed by atoms with E-state index in [2.05, 4.69) is 32.7 Å². The van der Waals surface area contributed by atoms with Gasteiger partial charge in [-0.05, 0) is 18.3 Å². The quantitative estimate of drug-likeness (QED) is 0.268. The van der Waals surface area contributed by atoms with Crippen molar-refractivity contribution in [2.45, 2.75) is 47.0 Å². The van der Waals surface area contributed by atoms with Crippen molar-refractivity contribution in [3.63, 3.8) is 0 Å². The molecule has 0 spiro atoms. The van der Waals surface area contributed by atoms with Crippen LogP contribution < -0.4 is 0 Å². The van der Waals surface area contributed by atoms with Crippen LogP contribution in [-0.4, -0.2) is 38.4 Å². The molecule has 1 unspecified atom stereocenters. The Balaban J connectivity index is 3.92. The lowest BCUT2D eigenvalue weighted by Crippen LogP contribution is -2.24. The number of nitrogens with zero attached hydrogens (tertiary/aromatic N) is 1. The van der Waals surface area contributed by atoms with Crippen molar-refractivity contribution >= 4 is 12.0 Å². The molecule has 0 N–H and O–H groups in total. The summed E-state index contributed by atoms with van der Waals surface area (Å²) >= 11 is 0. The predicted octanol–water partition coefficient (Wildman–Crippen LogP) is 2.73. The van der Waals surface area contributed by atoms with Gasteiger partial charge in [0.15, 0.2) is 0 Å². The predicted molar refractivity (Wildman–Crippen MR) is 77.2 cm³/mol. The zero-order valence-corrected chi connectivity index (χ0v) is 13.1. The van der Waals surface area contributed by atoms with Gasteiger partial charge in [-0.2, -0.15) is 0 Å². The molecule has 0 aromatic heterocycles. The van der Waals surface area contributed by atoms with Crippen LogP contribution in [0.4, 0.5) is 0 Å². The molecule has 0 radical (unpaired) electrons. The topological polar surface area (TPSA) is 65.0 Å². The highest BCUT2D eigenvalue weighted by Gasteiger charge is 2.25. The van der Waals surface area contributed by atoms with Gasteiger partial charge in [0.05, 0.1) is 25.7 Å². The van der Waals surface area contributed by atoms with Crippen molar-refractivity contribution in [3.8, 4) is 0 Å². The fourth-order valence-corrected chi connectivity index (χ4v) is 1.97. The third kappa shape index (κ3) is 10.7. The molecule has 0 aromatic rings. The molecule has 0 rings (SSSR count). The van der Waals surface area contributed by atoms with Gasteiger partial charge in [0.2, 0.25) is 6.08 Å². The van der Waals surface area contributed by atoms with E-state index < -0.39 is 0 Å². The van der Waals surface area contributed by atoms with Crippen LogP contribution in [0.25, 0.3) is 0 Å². The Kier molecular flexibility index (Phi) is 9.95. The molecule has 0 aromatic carbocycles. The van der Waals surface area contributed by atoms with Crippen molar-refractivity contribution in [2.75, 3.05) is 26.4 Å². The first-order chi connectivity index (χ1) is 9.40. The first-order valence-corrected chi connectivity index (χ1v) is 7.18. The minimum Gasteiger partial charge on any atom is -0.463 e. The summed E-state index contributed by atoms with van der Waals surface area (Å²) in [6.45, 7) is 9.65. The second-order valence-corrected chi connectivity index (χ2v) is 6.00. The second kappa shape index (κ2) is 10.6. The molecule has 0 amide bonds. The van der Waals surface area contributed by atoms with Crippen LogP contribution >= 0.6 is 0 Å². The molecule has 116 valence electrons. The molecule has 0 aliphatic heterocycles. The Morgan fingerprint density at radius 2 is 1.95 bits per heavy atom. The second-order valence-electron chi connectivity index (χ2n) is 6.00. The zero-order chi connectivity index (χ0) is 15.4. The van der Waals surface area contributed by atoms with Crippen LogP contribution in [0.15, 0.2) is 4.99 Å². The number of esters is 1. The molecular weight excluding hydrogens is 258 g/mol. The van der Waals surface area contributed by atoms with E-state index in [9.17, 15) is 9.59 Å². The van der Waals surface area contributed by atoms with E-state index in [0.29, 0.717) is 19.8 Å². The number of hydrogen-bond acceptors (Lipinski definition) is 5. The SMILES string of the molecule is CCCC(CC(C)(C)C)C(=O)OCCOCCN=C=O. The summed E-state index contributed by atoms with van der Waals surface area (Å²) < 4.78 is 10.4. The molecule has 20 heavy (non-hydrogen) atoms. The number of isocyanates is 1. The minimum atomic E-state index is -0.142. The Bertz CT molecular complexity index is 316. The van der Waals surface area contributed by atoms with E-state index in [-0.39, 0.29) is 23.9 Å². The van der Waals surface area contributed by atoms with Crippen LogP contribution in [-0.2, 0) is 19.1 Å². The molecule has 0 aliphatic carbocycles. The van der Waals surface area contributed by atoms with Crippen LogP contribution in [0.2, 0.25) is 0 Å². The number of carbonyl (C=O) groups excluding carboxylic acids is 2. The molecule has 0 aliphatic rings. The number of carbonyl (C=O) groups is 1. The van der Waals surface area contributed by atoms with Gasteiger partial charge in [0, 0.05) is 0 Å². The van der Waals surface area contributed by atoms with E-state index in [0.717, 1.165) is 19.3 Å². The lowest BCUT2D eigenvalue weighted by atomic mass is 9.83. The summed E-state index contributed by atoms with van der Waals surface area (Å²) in [7, 11) is 0. The average molecular weight is 285 g/mol. The summed E-state index contributed by atoms with van der Waals surface area (Å²) in [5.74, 6) is -0.184. The van der Waals surface area contributed by atoms with Crippen LogP contribution in [0.3, 0.4) is 0 Å². The lowest BCUT2D eigenvalue weighted by molar-refractivity contribution is -0.151. The third-order valence-corrected chi connectivity index (χ3v) is 2.71. The van der Waals surface area contributed by atoms with Crippen molar-refractivity contribution < 1.29 is 19.1 Å². The maximum atomic E-state index is 12.0. The van der Waals surface area contributed by atoms with Gasteiger partial charge in [-0.15, -0.1) is 0 Å². The molecule has 5 nitrogen and oxygen atoms in total. The third-order valence-electron chi connectivity index (χ3n) is 2.71. The molecule has 0 bridgehead atoms. The summed E-state index contributed by atoms with van der Waals surface area (Å²) in [5.41, 5.74) is 0.113. The lowest BCUT2D eigenvalue weighted by Gasteiger charge is -2.24. The molecule has 0 fully saturated rings. The Labute approximate surface area is 121 Å². The van der Waals surface area contributed by atoms with Crippen molar-refractivity contribution in [1.29, 1.82) is 0 Å². The average Bonchev–Trinajstić information content (AvgIpc) is 2.35. The van der Waals surface area contributed by atoms with Gasteiger partial charge >= 0.3 is 5.97 Å². The van der Waals surface area contributed by atoms with Gasteiger partial charge in [-0.3, -0.25) is 4.79 Å². The van der Waals surface area contributed by atoms with Gasteiger partial charge in [0.25, 0.3) is 0 Å². The highest BCUT2D eigenvalue weighted by atomic mass is 16.6. The van der Waals surface area contributed by atoms with Crippen LogP contribution in [0, 0.1) is 11.3 Å². The molecular formula is C15H27NO4. The maximum absolute atomic E-state index is 12.0. The van der Waals surface area contributed by atoms with Gasteiger partial charge in [0.1, 0.15) is 6.61 Å². The number of rotatable bonds is 10. The summed E-state index contributed by atoms with van der Waals surface area (Å²) in [4.78, 5) is 25.2. The first kappa shape index (κ1) is 18.8. The minimum absolute atomic E-state index is 0.0420. The Hall–Kier alpha value is -1.19. The standard InChI is InChI=1S/C15H27NO4/c1-5-6-13(11-15(2,3)4)14(18)20-10-9-19-8-7-16-12-17/h13H,5-11H2,1-4H3. The molecule has 0 saturated carbocycles. The van der Waals surface area contributed by atoms with Gasteiger partial charge < -0.3 is 9.47 Å². The highest BCUT2D eigenvalue weighted by molar-refractivity contribution is 5.72. The normalized spacial score (nSPS) is 12.6. The van der Waals surface area contributed by atoms with E-state index in [1.807, 2.05) is 0 Å². The fourth-order valence-electron chi connectivity index (χ4n) is 1.97. The van der Waals surface area contributed by atoms with Gasteiger partial charge in [-0.25, -0.2) is 9.79 Å². The number of aliphatic imine (C=N–C) groups is 1. The van der Waals surface area contributed by atoms with Crippen molar-refractivity contribution in [1.82, 2.24) is 0 Å². The van der Waals surface area contributed by atoms with Crippen molar-refractivity contribution in [3.05, 3.63) is 0 Å². The molecule has 5 heteroatoms. The van der Waals surface area contributed by atoms with E-state index in [1.54, 1.807) is 0 Å². The van der Waals surface area contributed by atoms with Crippen molar-refractivity contribution in [2.24, 2.45) is 16.3 Å². The Morgan fingerprint density at radius 1 is 1.25 bits per heavy atom. The van der Waals surface area contributed by atoms with Crippen LogP contribution in [0.5, 0.6) is 0 Å². The van der Waals surface area contributed by atoms with Gasteiger partial charge in [-0.1, -0.05) is 34.1 Å². The first-order valence-electron chi connectivity index (χ1n) is 7.18. The summed E-state index contributed by atoms with van der Waals surface area (Å²) in [5, 5.41) is 0. The zero-order valence-electron chi connectivity index (χ0n) is 13.1. The summed E-state index contributed by atoms with van der Waals surface area (Å²) in [6.07, 6.45) is 4.09. The maximum Gasteiger partial charge on any atom is 0.309 e. The smallest absolute Gasteiger partial charge is 0.309 e. The molecule has 0 saturated heterocycles. The number of ether oxygens (including phenoxy) is 2. The van der Waals surface area contributed by atoms with E-state index >= 15 is 0 Å². The fraction of sp³-hybridized carbons (Fsp3) is 0.867. The van der Waals surface area contributed by atoms with E-state index in [4.69, 9.17) is 9.47 Å². The highest BCUT2D eigenvalue weighted by Crippen LogP contribution is 2.27.